The van der Waals surface area contributed by atoms with Gasteiger partial charge in [0.15, 0.2) is 0 Å². The Kier molecular flexibility index (Phi) is 5.97. The second kappa shape index (κ2) is 8.17. The van der Waals surface area contributed by atoms with Gasteiger partial charge >= 0.3 is 0 Å². The van der Waals surface area contributed by atoms with E-state index in [0.717, 1.165) is 18.8 Å². The molecule has 0 unspecified atom stereocenters. The summed E-state index contributed by atoms with van der Waals surface area (Å²) >= 11 is 0. The zero-order chi connectivity index (χ0) is 16.7. The molecule has 1 aromatic heterocycles. The molecule has 0 fully saturated rings. The predicted octanol–water partition coefficient (Wildman–Crippen LogP) is 3.58. The van der Waals surface area contributed by atoms with E-state index >= 15 is 0 Å². The molecule has 0 spiro atoms. The number of carbonyl (C=O) groups excluding carboxylic acids is 1. The fourth-order valence-corrected chi connectivity index (χ4v) is 2.37. The summed E-state index contributed by atoms with van der Waals surface area (Å²) < 4.78 is 5.53. The van der Waals surface area contributed by atoms with Crippen molar-refractivity contribution in [3.8, 4) is 5.75 Å². The molecule has 0 saturated carbocycles. The number of hydrogen-bond donors (Lipinski definition) is 1. The summed E-state index contributed by atoms with van der Waals surface area (Å²) in [5.74, 6) is 0.411. The maximum atomic E-state index is 12.5. The first kappa shape index (κ1) is 16.8. The topological polar surface area (TPSA) is 54.5 Å². The summed E-state index contributed by atoms with van der Waals surface area (Å²) in [5, 5.41) is 2.87. The van der Waals surface area contributed by atoms with Crippen molar-refractivity contribution >= 4 is 17.3 Å². The Labute approximate surface area is 137 Å². The molecule has 0 aliphatic carbocycles. The van der Waals surface area contributed by atoms with Gasteiger partial charge in [-0.3, -0.25) is 9.78 Å². The van der Waals surface area contributed by atoms with Crippen molar-refractivity contribution in [3.63, 3.8) is 0 Å². The van der Waals surface area contributed by atoms with Crippen LogP contribution in [-0.2, 0) is 0 Å². The Morgan fingerprint density at radius 1 is 1.17 bits per heavy atom. The van der Waals surface area contributed by atoms with Crippen LogP contribution in [0.1, 0.15) is 31.3 Å². The third kappa shape index (κ3) is 4.22. The average molecular weight is 313 g/mol. The fraction of sp³-hybridized carbons (Fsp3) is 0.333. The summed E-state index contributed by atoms with van der Waals surface area (Å²) in [4.78, 5) is 18.8. The van der Waals surface area contributed by atoms with E-state index in [-0.39, 0.29) is 5.91 Å². The molecule has 0 bridgehead atoms. The van der Waals surface area contributed by atoms with Gasteiger partial charge in [0.2, 0.25) is 0 Å². The number of hydrogen-bond acceptors (Lipinski definition) is 4. The summed E-state index contributed by atoms with van der Waals surface area (Å²) in [6.45, 7) is 8.39. The highest BCUT2D eigenvalue weighted by molar-refractivity contribution is 6.04. The molecule has 0 saturated heterocycles. The Morgan fingerprint density at radius 3 is 2.61 bits per heavy atom. The Bertz CT molecular complexity index is 654. The van der Waals surface area contributed by atoms with E-state index < -0.39 is 0 Å². The van der Waals surface area contributed by atoms with Crippen LogP contribution in [0, 0.1) is 0 Å². The maximum absolute atomic E-state index is 12.5. The van der Waals surface area contributed by atoms with E-state index in [0.29, 0.717) is 23.7 Å². The summed E-state index contributed by atoms with van der Waals surface area (Å²) in [6, 6.07) is 11.1. The van der Waals surface area contributed by atoms with Crippen molar-refractivity contribution in [2.24, 2.45) is 0 Å². The molecule has 5 nitrogen and oxygen atoms in total. The van der Waals surface area contributed by atoms with Gasteiger partial charge in [-0.1, -0.05) is 12.1 Å². The smallest absolute Gasteiger partial charge is 0.274 e. The first-order valence-electron chi connectivity index (χ1n) is 7.93. The number of rotatable bonds is 7. The third-order valence-electron chi connectivity index (χ3n) is 3.54. The molecular formula is C18H23N3O2. The molecule has 2 rings (SSSR count). The van der Waals surface area contributed by atoms with E-state index in [1.54, 1.807) is 6.20 Å². The standard InChI is InChI=1S/C18H23N3O2/c1-4-21(5-2)14-11-12-19-16(13-14)18(22)20-15-9-7-8-10-17(15)23-6-3/h7-13H,4-6H2,1-3H3,(H,20,22). The minimum atomic E-state index is -0.244. The lowest BCUT2D eigenvalue weighted by Gasteiger charge is -2.21. The van der Waals surface area contributed by atoms with Crippen molar-refractivity contribution in [2.45, 2.75) is 20.8 Å². The van der Waals surface area contributed by atoms with Gasteiger partial charge in [-0.05, 0) is 45.0 Å². The van der Waals surface area contributed by atoms with Gasteiger partial charge in [-0.25, -0.2) is 0 Å². The van der Waals surface area contributed by atoms with Crippen LogP contribution >= 0.6 is 0 Å². The predicted molar refractivity (Wildman–Crippen MR) is 93.4 cm³/mol. The minimum absolute atomic E-state index is 0.244. The Balaban J connectivity index is 2.20. The van der Waals surface area contributed by atoms with Crippen molar-refractivity contribution in [1.29, 1.82) is 0 Å². The van der Waals surface area contributed by atoms with Crippen LogP contribution in [-0.4, -0.2) is 30.6 Å². The SMILES string of the molecule is CCOc1ccccc1NC(=O)c1cc(N(CC)CC)ccn1. The van der Waals surface area contributed by atoms with Crippen molar-refractivity contribution in [3.05, 3.63) is 48.3 Å². The number of amides is 1. The van der Waals surface area contributed by atoms with E-state index in [1.165, 1.54) is 0 Å². The summed E-state index contributed by atoms with van der Waals surface area (Å²) in [7, 11) is 0. The molecule has 5 heteroatoms. The Hall–Kier alpha value is -2.56. The van der Waals surface area contributed by atoms with Gasteiger partial charge < -0.3 is 15.0 Å². The molecule has 23 heavy (non-hydrogen) atoms. The molecule has 1 amide bonds. The van der Waals surface area contributed by atoms with Gasteiger partial charge in [-0.15, -0.1) is 0 Å². The molecule has 1 aromatic carbocycles. The molecule has 0 aliphatic heterocycles. The monoisotopic (exact) mass is 313 g/mol. The van der Waals surface area contributed by atoms with Crippen LogP contribution in [0.15, 0.2) is 42.6 Å². The second-order valence-corrected chi connectivity index (χ2v) is 4.95. The number of anilines is 2. The van der Waals surface area contributed by atoms with E-state index in [9.17, 15) is 4.79 Å². The van der Waals surface area contributed by atoms with Crippen LogP contribution in [0.25, 0.3) is 0 Å². The highest BCUT2D eigenvalue weighted by atomic mass is 16.5. The fourth-order valence-electron chi connectivity index (χ4n) is 2.37. The van der Waals surface area contributed by atoms with Gasteiger partial charge in [0.1, 0.15) is 11.4 Å². The number of nitrogens with one attached hydrogen (secondary N) is 1. The number of nitrogens with zero attached hydrogens (tertiary/aromatic N) is 2. The van der Waals surface area contributed by atoms with Gasteiger partial charge in [0, 0.05) is 25.0 Å². The third-order valence-corrected chi connectivity index (χ3v) is 3.54. The first-order valence-corrected chi connectivity index (χ1v) is 7.93. The molecule has 0 radical (unpaired) electrons. The number of ether oxygens (including phenoxy) is 1. The molecule has 122 valence electrons. The number of carbonyl (C=O) groups is 1. The van der Waals surface area contributed by atoms with E-state index in [1.807, 2.05) is 43.3 Å². The van der Waals surface area contributed by atoms with Crippen molar-refractivity contribution < 1.29 is 9.53 Å². The Morgan fingerprint density at radius 2 is 1.91 bits per heavy atom. The highest BCUT2D eigenvalue weighted by Gasteiger charge is 2.12. The largest absolute Gasteiger partial charge is 0.492 e. The molecular weight excluding hydrogens is 290 g/mol. The van der Waals surface area contributed by atoms with Crippen molar-refractivity contribution in [2.75, 3.05) is 29.9 Å². The van der Waals surface area contributed by atoms with Crippen LogP contribution < -0.4 is 15.0 Å². The number of aromatic nitrogens is 1. The zero-order valence-electron chi connectivity index (χ0n) is 13.9. The van der Waals surface area contributed by atoms with Gasteiger partial charge in [-0.2, -0.15) is 0 Å². The maximum Gasteiger partial charge on any atom is 0.274 e. The van der Waals surface area contributed by atoms with Crippen LogP contribution in [0.4, 0.5) is 11.4 Å². The summed E-state index contributed by atoms with van der Waals surface area (Å²) in [5.41, 5.74) is 2.03. The summed E-state index contributed by atoms with van der Waals surface area (Å²) in [6.07, 6.45) is 1.66. The first-order chi connectivity index (χ1) is 11.2. The van der Waals surface area contributed by atoms with E-state index in [4.69, 9.17) is 4.74 Å². The van der Waals surface area contributed by atoms with Crippen LogP contribution in [0.2, 0.25) is 0 Å². The lowest BCUT2D eigenvalue weighted by atomic mass is 10.2. The quantitative estimate of drug-likeness (QED) is 0.849. The molecule has 0 aliphatic rings. The number of benzene rings is 1. The average Bonchev–Trinajstić information content (AvgIpc) is 2.58. The normalized spacial score (nSPS) is 10.2. The molecule has 0 atom stereocenters. The molecule has 1 heterocycles. The molecule has 2 aromatic rings. The zero-order valence-corrected chi connectivity index (χ0v) is 13.9. The van der Waals surface area contributed by atoms with Crippen LogP contribution in [0.3, 0.4) is 0 Å². The lowest BCUT2D eigenvalue weighted by Crippen LogP contribution is -2.23. The van der Waals surface area contributed by atoms with Crippen molar-refractivity contribution in [1.82, 2.24) is 4.98 Å². The van der Waals surface area contributed by atoms with Gasteiger partial charge in [0.25, 0.3) is 5.91 Å². The number of para-hydroxylation sites is 2. The van der Waals surface area contributed by atoms with Crippen LogP contribution in [0.5, 0.6) is 5.75 Å². The van der Waals surface area contributed by atoms with E-state index in [2.05, 4.69) is 29.0 Å². The minimum Gasteiger partial charge on any atom is -0.492 e. The lowest BCUT2D eigenvalue weighted by molar-refractivity contribution is 0.102. The number of pyridine rings is 1. The van der Waals surface area contributed by atoms with Gasteiger partial charge in [0.05, 0.1) is 12.3 Å². The second-order valence-electron chi connectivity index (χ2n) is 4.95. The highest BCUT2D eigenvalue weighted by Crippen LogP contribution is 2.24. The molecule has 1 N–H and O–H groups in total.